The molecule has 0 atom stereocenters. The summed E-state index contributed by atoms with van der Waals surface area (Å²) in [5.74, 6) is 1.76. The van der Waals surface area contributed by atoms with Gasteiger partial charge in [0.05, 0.1) is 19.1 Å². The molecule has 0 radical (unpaired) electrons. The Labute approximate surface area is 196 Å². The van der Waals surface area contributed by atoms with Crippen molar-refractivity contribution in [2.75, 3.05) is 14.2 Å². The van der Waals surface area contributed by atoms with Gasteiger partial charge in [0, 0.05) is 0 Å². The van der Waals surface area contributed by atoms with Crippen molar-refractivity contribution >= 4 is 34.0 Å². The first-order valence-electron chi connectivity index (χ1n) is 10.1. The van der Waals surface area contributed by atoms with Crippen molar-refractivity contribution in [2.24, 2.45) is 0 Å². The first-order chi connectivity index (χ1) is 15.9. The molecule has 0 bridgehead atoms. The van der Waals surface area contributed by atoms with E-state index in [1.54, 1.807) is 32.4 Å². The Balaban J connectivity index is 0.000000257. The standard InChI is InChI=1S/C20H19O2P.C6H6O3S/c1-21-16-8-12-19(13-9-16)23(18-6-4-3-5-7-18)20-14-10-17(22-2)11-15-20;7-10(8,9)6-4-2-1-3-5-6/h3-15H,1-2H3;1-5H,(H,7,8,9). The number of methoxy groups -OCH3 is 2. The zero-order valence-corrected chi connectivity index (χ0v) is 20.0. The molecule has 33 heavy (non-hydrogen) atoms. The van der Waals surface area contributed by atoms with E-state index in [0.29, 0.717) is 0 Å². The maximum Gasteiger partial charge on any atom is 0.294 e. The molecule has 0 aromatic heterocycles. The molecule has 0 fully saturated rings. The van der Waals surface area contributed by atoms with E-state index in [1.165, 1.54) is 28.0 Å². The fourth-order valence-electron chi connectivity index (χ4n) is 3.08. The van der Waals surface area contributed by atoms with Crippen LogP contribution in [0.5, 0.6) is 11.5 Å². The Hall–Kier alpha value is -3.18. The average molecular weight is 481 g/mol. The predicted molar refractivity (Wildman–Crippen MR) is 135 cm³/mol. The Bertz CT molecular complexity index is 1180. The number of benzene rings is 4. The average Bonchev–Trinajstić information content (AvgIpc) is 2.86. The molecule has 4 aromatic carbocycles. The molecule has 4 rings (SSSR count). The number of ether oxygens (including phenoxy) is 2. The third kappa shape index (κ3) is 6.90. The van der Waals surface area contributed by atoms with E-state index in [9.17, 15) is 8.42 Å². The van der Waals surface area contributed by atoms with E-state index in [-0.39, 0.29) is 4.90 Å². The first-order valence-corrected chi connectivity index (χ1v) is 12.9. The number of rotatable bonds is 6. The largest absolute Gasteiger partial charge is 0.497 e. The summed E-state index contributed by atoms with van der Waals surface area (Å²) in [5, 5.41) is 3.94. The fourth-order valence-corrected chi connectivity index (χ4v) is 5.84. The van der Waals surface area contributed by atoms with Crippen molar-refractivity contribution < 1.29 is 22.4 Å². The van der Waals surface area contributed by atoms with Gasteiger partial charge in [-0.05, 0) is 60.2 Å². The van der Waals surface area contributed by atoms with Crippen molar-refractivity contribution in [3.05, 3.63) is 109 Å². The van der Waals surface area contributed by atoms with Gasteiger partial charge in [0.15, 0.2) is 0 Å². The van der Waals surface area contributed by atoms with Crippen LogP contribution in [0.15, 0.2) is 114 Å². The van der Waals surface area contributed by atoms with Crippen molar-refractivity contribution in [2.45, 2.75) is 4.90 Å². The molecule has 0 heterocycles. The summed E-state index contributed by atoms with van der Waals surface area (Å²) in [7, 11) is -1.21. The fraction of sp³-hybridized carbons (Fsp3) is 0.0769. The summed E-state index contributed by atoms with van der Waals surface area (Å²) in [4.78, 5) is -0.0741. The van der Waals surface area contributed by atoms with Crippen LogP contribution < -0.4 is 25.4 Å². The summed E-state index contributed by atoms with van der Waals surface area (Å²) in [6.45, 7) is 0. The molecule has 5 nitrogen and oxygen atoms in total. The molecule has 0 unspecified atom stereocenters. The lowest BCUT2D eigenvalue weighted by Gasteiger charge is -2.19. The van der Waals surface area contributed by atoms with Crippen LogP contribution in [-0.4, -0.2) is 27.2 Å². The maximum atomic E-state index is 10.4. The Morgan fingerprint density at radius 3 is 1.27 bits per heavy atom. The zero-order valence-electron chi connectivity index (χ0n) is 18.3. The summed E-state index contributed by atoms with van der Waals surface area (Å²) in [6.07, 6.45) is 0. The van der Waals surface area contributed by atoms with Crippen LogP contribution in [-0.2, 0) is 10.1 Å². The molecule has 0 aliphatic carbocycles. The summed E-state index contributed by atoms with van der Waals surface area (Å²) in [6, 6.07) is 34.8. The molecular weight excluding hydrogens is 455 g/mol. The monoisotopic (exact) mass is 480 g/mol. The topological polar surface area (TPSA) is 72.8 Å². The number of hydrogen-bond donors (Lipinski definition) is 1. The molecule has 0 saturated heterocycles. The molecule has 0 spiro atoms. The summed E-state index contributed by atoms with van der Waals surface area (Å²) in [5.41, 5.74) is 0. The maximum absolute atomic E-state index is 10.4. The number of hydrogen-bond acceptors (Lipinski definition) is 4. The van der Waals surface area contributed by atoms with Crippen LogP contribution in [0.4, 0.5) is 0 Å². The van der Waals surface area contributed by atoms with Gasteiger partial charge in [-0.3, -0.25) is 4.55 Å². The van der Waals surface area contributed by atoms with E-state index in [2.05, 4.69) is 54.6 Å². The predicted octanol–water partition coefficient (Wildman–Crippen LogP) is 4.40. The van der Waals surface area contributed by atoms with Crippen LogP contribution in [0.25, 0.3) is 0 Å². The Morgan fingerprint density at radius 2 is 0.939 bits per heavy atom. The molecule has 0 aliphatic rings. The second-order valence-corrected chi connectivity index (χ2v) is 10.5. The van der Waals surface area contributed by atoms with Gasteiger partial charge in [0.2, 0.25) is 0 Å². The van der Waals surface area contributed by atoms with E-state index < -0.39 is 18.0 Å². The second-order valence-electron chi connectivity index (χ2n) is 6.86. The van der Waals surface area contributed by atoms with E-state index in [0.717, 1.165) is 11.5 Å². The molecule has 170 valence electrons. The van der Waals surface area contributed by atoms with Gasteiger partial charge in [-0.2, -0.15) is 8.42 Å². The van der Waals surface area contributed by atoms with Crippen LogP contribution in [0.2, 0.25) is 0 Å². The minimum Gasteiger partial charge on any atom is -0.497 e. The van der Waals surface area contributed by atoms with Crippen LogP contribution in [0, 0.1) is 0 Å². The zero-order chi connectivity index (χ0) is 23.7. The molecule has 0 aliphatic heterocycles. The second kappa shape index (κ2) is 11.6. The van der Waals surface area contributed by atoms with Crippen molar-refractivity contribution in [3.63, 3.8) is 0 Å². The van der Waals surface area contributed by atoms with E-state index in [1.807, 2.05) is 24.3 Å². The van der Waals surface area contributed by atoms with Gasteiger partial charge in [0.1, 0.15) is 11.5 Å². The molecule has 0 amide bonds. The van der Waals surface area contributed by atoms with Crippen LogP contribution >= 0.6 is 7.92 Å². The molecular formula is C26H25O5PS. The summed E-state index contributed by atoms with van der Waals surface area (Å²) < 4.78 is 39.8. The highest BCUT2D eigenvalue weighted by molar-refractivity contribution is 7.85. The van der Waals surface area contributed by atoms with Gasteiger partial charge in [-0.15, -0.1) is 0 Å². The van der Waals surface area contributed by atoms with E-state index >= 15 is 0 Å². The quantitative estimate of drug-likeness (QED) is 0.327. The normalized spacial score (nSPS) is 10.8. The summed E-state index contributed by atoms with van der Waals surface area (Å²) >= 11 is 0. The van der Waals surface area contributed by atoms with Crippen LogP contribution in [0.1, 0.15) is 0 Å². The smallest absolute Gasteiger partial charge is 0.294 e. The molecule has 1 N–H and O–H groups in total. The minimum absolute atomic E-state index is 0.0741. The molecule has 7 heteroatoms. The van der Waals surface area contributed by atoms with Crippen LogP contribution in [0.3, 0.4) is 0 Å². The molecule has 4 aromatic rings. The van der Waals surface area contributed by atoms with Crippen molar-refractivity contribution in [3.8, 4) is 11.5 Å². The minimum atomic E-state index is -4.00. The highest BCUT2D eigenvalue weighted by atomic mass is 32.2. The Morgan fingerprint density at radius 1 is 0.576 bits per heavy atom. The highest BCUT2D eigenvalue weighted by Gasteiger charge is 2.16. The molecule has 0 saturated carbocycles. The lowest BCUT2D eigenvalue weighted by atomic mass is 10.3. The highest BCUT2D eigenvalue weighted by Crippen LogP contribution is 2.33. The van der Waals surface area contributed by atoms with Crippen molar-refractivity contribution in [1.29, 1.82) is 0 Å². The third-order valence-electron chi connectivity index (χ3n) is 4.72. The van der Waals surface area contributed by atoms with Crippen molar-refractivity contribution in [1.82, 2.24) is 0 Å². The lowest BCUT2D eigenvalue weighted by Crippen LogP contribution is -2.20. The Kier molecular flexibility index (Phi) is 8.61. The van der Waals surface area contributed by atoms with Gasteiger partial charge in [-0.1, -0.05) is 72.8 Å². The van der Waals surface area contributed by atoms with Gasteiger partial charge < -0.3 is 9.47 Å². The SMILES string of the molecule is COc1ccc(P(c2ccccc2)c2ccc(OC)cc2)cc1.O=S(=O)(O)c1ccccc1. The van der Waals surface area contributed by atoms with Gasteiger partial charge in [-0.25, -0.2) is 0 Å². The first kappa shape index (κ1) is 24.5. The van der Waals surface area contributed by atoms with E-state index in [4.69, 9.17) is 14.0 Å². The lowest BCUT2D eigenvalue weighted by molar-refractivity contribution is 0.415. The van der Waals surface area contributed by atoms with Gasteiger partial charge in [0.25, 0.3) is 10.1 Å². The third-order valence-corrected chi connectivity index (χ3v) is 8.03. The van der Waals surface area contributed by atoms with Gasteiger partial charge >= 0.3 is 0 Å².